The zero-order valence-electron chi connectivity index (χ0n) is 14.7. The number of aryl methyl sites for hydroxylation is 2. The Bertz CT molecular complexity index is 760. The van der Waals surface area contributed by atoms with E-state index in [1.54, 1.807) is 4.90 Å². The van der Waals surface area contributed by atoms with Crippen LogP contribution in [0.3, 0.4) is 0 Å². The molecule has 2 aromatic heterocycles. The predicted octanol–water partition coefficient (Wildman–Crippen LogP) is 2.08. The molecule has 2 aliphatic rings. The number of ether oxygens (including phenoxy) is 1. The molecule has 2 atom stereocenters. The molecule has 1 aliphatic heterocycles. The molecule has 4 rings (SSSR count). The molecular weight excluding hydrogens is 324 g/mol. The van der Waals surface area contributed by atoms with Gasteiger partial charge in [0, 0.05) is 18.0 Å². The zero-order chi connectivity index (χ0) is 17.6. The highest BCUT2D eigenvalue weighted by atomic mass is 16.5. The van der Waals surface area contributed by atoms with Gasteiger partial charge in [0.05, 0.1) is 24.8 Å². The van der Waals surface area contributed by atoms with Crippen LogP contribution in [0.15, 0.2) is 9.05 Å². The average molecular weight is 346 g/mol. The van der Waals surface area contributed by atoms with E-state index < -0.39 is 0 Å². The molecule has 2 aromatic rings. The summed E-state index contributed by atoms with van der Waals surface area (Å²) in [6.07, 6.45) is 2.25. The quantitative estimate of drug-likeness (QED) is 0.836. The largest absolute Gasteiger partial charge is 0.374 e. The SMILES string of the molecule is Cc1noc(C)c1CC(=O)N1CCO[C@H](C)[C@H]1c1nc(C2CC2)no1. The first-order valence-electron chi connectivity index (χ1n) is 8.71. The summed E-state index contributed by atoms with van der Waals surface area (Å²) in [6, 6.07) is -0.360. The van der Waals surface area contributed by atoms with Gasteiger partial charge >= 0.3 is 0 Å². The fourth-order valence-electron chi connectivity index (χ4n) is 3.32. The summed E-state index contributed by atoms with van der Waals surface area (Å²) in [5.74, 6) is 2.27. The van der Waals surface area contributed by atoms with E-state index in [2.05, 4.69) is 15.3 Å². The summed E-state index contributed by atoms with van der Waals surface area (Å²) in [7, 11) is 0. The van der Waals surface area contributed by atoms with Crippen LogP contribution in [-0.4, -0.2) is 45.4 Å². The summed E-state index contributed by atoms with van der Waals surface area (Å²) in [6.45, 7) is 6.59. The first-order chi connectivity index (χ1) is 12.0. The average Bonchev–Trinajstić information content (AvgIpc) is 3.26. The second-order valence-corrected chi connectivity index (χ2v) is 6.85. The van der Waals surface area contributed by atoms with Gasteiger partial charge in [-0.05, 0) is 33.6 Å². The molecule has 0 aromatic carbocycles. The second-order valence-electron chi connectivity index (χ2n) is 6.85. The van der Waals surface area contributed by atoms with Crippen LogP contribution in [-0.2, 0) is 16.0 Å². The van der Waals surface area contributed by atoms with Gasteiger partial charge in [-0.1, -0.05) is 10.3 Å². The Hall–Kier alpha value is -2.22. The van der Waals surface area contributed by atoms with Crippen LogP contribution in [0.1, 0.15) is 60.5 Å². The molecule has 0 radical (unpaired) electrons. The van der Waals surface area contributed by atoms with E-state index in [0.717, 1.165) is 29.9 Å². The molecule has 0 bridgehead atoms. The van der Waals surface area contributed by atoms with Gasteiger partial charge in [0.1, 0.15) is 11.8 Å². The molecule has 2 fully saturated rings. The summed E-state index contributed by atoms with van der Waals surface area (Å²) in [4.78, 5) is 19.3. The fourth-order valence-corrected chi connectivity index (χ4v) is 3.32. The van der Waals surface area contributed by atoms with Crippen molar-refractivity contribution < 1.29 is 18.6 Å². The molecule has 0 spiro atoms. The number of carbonyl (C=O) groups is 1. The fraction of sp³-hybridized carbons (Fsp3) is 0.647. The standard InChI is InChI=1S/C17H22N4O4/c1-9-13(10(2)24-19-9)8-14(22)21-6-7-23-11(3)15(21)17-18-16(20-25-17)12-4-5-12/h11-12,15H,4-8H2,1-3H3/t11-,15+/m1/s1. The minimum Gasteiger partial charge on any atom is -0.374 e. The van der Waals surface area contributed by atoms with Crippen LogP contribution in [0.5, 0.6) is 0 Å². The molecule has 3 heterocycles. The third-order valence-corrected chi connectivity index (χ3v) is 4.98. The molecule has 1 amide bonds. The predicted molar refractivity (Wildman–Crippen MR) is 85.8 cm³/mol. The number of hydrogen-bond donors (Lipinski definition) is 0. The Morgan fingerprint density at radius 1 is 1.24 bits per heavy atom. The molecule has 0 N–H and O–H groups in total. The lowest BCUT2D eigenvalue weighted by Crippen LogP contribution is -2.48. The first-order valence-corrected chi connectivity index (χ1v) is 8.71. The van der Waals surface area contributed by atoms with Crippen molar-refractivity contribution in [2.75, 3.05) is 13.2 Å². The van der Waals surface area contributed by atoms with Crippen molar-refractivity contribution in [3.8, 4) is 0 Å². The third kappa shape index (κ3) is 3.06. The van der Waals surface area contributed by atoms with E-state index >= 15 is 0 Å². The Morgan fingerprint density at radius 3 is 2.72 bits per heavy atom. The van der Waals surface area contributed by atoms with Crippen molar-refractivity contribution in [1.82, 2.24) is 20.2 Å². The van der Waals surface area contributed by atoms with Gasteiger partial charge in [-0.3, -0.25) is 4.79 Å². The number of hydrogen-bond acceptors (Lipinski definition) is 7. The van der Waals surface area contributed by atoms with Gasteiger partial charge in [-0.15, -0.1) is 0 Å². The van der Waals surface area contributed by atoms with E-state index in [1.165, 1.54) is 0 Å². The number of nitrogens with zero attached hydrogens (tertiary/aromatic N) is 4. The number of aromatic nitrogens is 3. The maximum Gasteiger partial charge on any atom is 0.252 e. The van der Waals surface area contributed by atoms with Crippen LogP contribution in [0.4, 0.5) is 0 Å². The van der Waals surface area contributed by atoms with Gasteiger partial charge in [0.25, 0.3) is 5.89 Å². The van der Waals surface area contributed by atoms with Crippen molar-refractivity contribution in [2.45, 2.75) is 58.1 Å². The Labute approximate surface area is 145 Å². The van der Waals surface area contributed by atoms with Crippen LogP contribution in [0.25, 0.3) is 0 Å². The molecular formula is C17H22N4O4. The molecule has 1 aliphatic carbocycles. The topological polar surface area (TPSA) is 94.5 Å². The van der Waals surface area contributed by atoms with E-state index in [0.29, 0.717) is 30.7 Å². The van der Waals surface area contributed by atoms with E-state index in [9.17, 15) is 4.79 Å². The lowest BCUT2D eigenvalue weighted by molar-refractivity contribution is -0.146. The smallest absolute Gasteiger partial charge is 0.252 e. The molecule has 0 unspecified atom stereocenters. The van der Waals surface area contributed by atoms with Crippen LogP contribution in [0, 0.1) is 13.8 Å². The highest BCUT2D eigenvalue weighted by Crippen LogP contribution is 2.39. The highest BCUT2D eigenvalue weighted by Gasteiger charge is 2.39. The maximum absolute atomic E-state index is 13.0. The Morgan fingerprint density at radius 2 is 2.04 bits per heavy atom. The highest BCUT2D eigenvalue weighted by molar-refractivity contribution is 5.79. The lowest BCUT2D eigenvalue weighted by Gasteiger charge is -2.37. The van der Waals surface area contributed by atoms with Crippen LogP contribution in [0.2, 0.25) is 0 Å². The van der Waals surface area contributed by atoms with Crippen molar-refractivity contribution in [1.29, 1.82) is 0 Å². The number of rotatable bonds is 4. The molecule has 1 saturated heterocycles. The van der Waals surface area contributed by atoms with E-state index in [1.807, 2.05) is 20.8 Å². The number of carbonyl (C=O) groups excluding carboxylic acids is 1. The summed E-state index contributed by atoms with van der Waals surface area (Å²) in [5, 5.41) is 8.01. The molecule has 8 nitrogen and oxygen atoms in total. The second kappa shape index (κ2) is 6.25. The zero-order valence-corrected chi connectivity index (χ0v) is 14.7. The third-order valence-electron chi connectivity index (χ3n) is 4.98. The van der Waals surface area contributed by atoms with E-state index in [4.69, 9.17) is 13.8 Å². The van der Waals surface area contributed by atoms with Crippen molar-refractivity contribution >= 4 is 5.91 Å². The van der Waals surface area contributed by atoms with Crippen LogP contribution >= 0.6 is 0 Å². The number of morpholine rings is 1. The minimum atomic E-state index is -0.360. The van der Waals surface area contributed by atoms with Gasteiger partial charge in [-0.25, -0.2) is 0 Å². The maximum atomic E-state index is 13.0. The molecule has 1 saturated carbocycles. The normalized spacial score (nSPS) is 23.9. The Balaban J connectivity index is 1.57. The van der Waals surface area contributed by atoms with Gasteiger partial charge in [-0.2, -0.15) is 4.98 Å². The summed E-state index contributed by atoms with van der Waals surface area (Å²) >= 11 is 0. The molecule has 134 valence electrons. The number of amides is 1. The van der Waals surface area contributed by atoms with Crippen LogP contribution < -0.4 is 0 Å². The Kier molecular flexibility index (Phi) is 4.07. The van der Waals surface area contributed by atoms with Crippen molar-refractivity contribution in [2.24, 2.45) is 0 Å². The van der Waals surface area contributed by atoms with Crippen molar-refractivity contribution in [3.63, 3.8) is 0 Å². The van der Waals surface area contributed by atoms with Gasteiger partial charge in [0.15, 0.2) is 5.82 Å². The summed E-state index contributed by atoms with van der Waals surface area (Å²) < 4.78 is 16.4. The van der Waals surface area contributed by atoms with Crippen molar-refractivity contribution in [3.05, 3.63) is 28.7 Å². The molecule has 8 heteroatoms. The first kappa shape index (κ1) is 16.3. The molecule has 25 heavy (non-hydrogen) atoms. The minimum absolute atomic E-state index is 0.0132. The van der Waals surface area contributed by atoms with Gasteiger partial charge < -0.3 is 18.7 Å². The van der Waals surface area contributed by atoms with Gasteiger partial charge in [0.2, 0.25) is 5.91 Å². The monoisotopic (exact) mass is 346 g/mol. The summed E-state index contributed by atoms with van der Waals surface area (Å²) in [5.41, 5.74) is 1.59. The lowest BCUT2D eigenvalue weighted by atomic mass is 10.1. The van der Waals surface area contributed by atoms with E-state index in [-0.39, 0.29) is 24.5 Å².